The second-order valence-electron chi connectivity index (χ2n) is 5.32. The van der Waals surface area contributed by atoms with Crippen molar-refractivity contribution in [2.45, 2.75) is 52.9 Å². The topological polar surface area (TPSA) is 63.5 Å². The van der Waals surface area contributed by atoms with Crippen LogP contribution in [0.15, 0.2) is 0 Å². The molecule has 1 saturated heterocycles. The Kier molecular flexibility index (Phi) is 17.5. The Labute approximate surface area is 161 Å². The first-order chi connectivity index (χ1) is 10.1. The third kappa shape index (κ3) is 12.5. The fourth-order valence-electron chi connectivity index (χ4n) is 2.15. The van der Waals surface area contributed by atoms with E-state index < -0.39 is 0 Å². The van der Waals surface area contributed by atoms with E-state index in [-0.39, 0.29) is 44.5 Å². The first-order valence-corrected chi connectivity index (χ1v) is 8.21. The zero-order valence-corrected chi connectivity index (χ0v) is 17.6. The number of amides is 2. The van der Waals surface area contributed by atoms with Gasteiger partial charge in [-0.2, -0.15) is 0 Å². The van der Waals surface area contributed by atoms with Crippen molar-refractivity contribution in [2.75, 3.05) is 33.2 Å². The summed E-state index contributed by atoms with van der Waals surface area (Å²) in [5, 5.41) is 7.30. The van der Waals surface area contributed by atoms with Gasteiger partial charge in [0.2, 0.25) is 11.8 Å². The fourth-order valence-corrected chi connectivity index (χ4v) is 2.15. The Morgan fingerprint density at radius 1 is 1.18 bits per heavy atom. The summed E-state index contributed by atoms with van der Waals surface area (Å²) in [4.78, 5) is 24.3. The second kappa shape index (κ2) is 15.9. The predicted octanol–water partition coefficient (Wildman–Crippen LogP) is 2.56. The largest absolute Gasteiger partial charge is 0.662 e. The molecule has 0 aromatic rings. The fraction of sp³-hybridized carbons (Fsp3) is 0.875. The Balaban J connectivity index is 0. The van der Waals surface area contributed by atoms with E-state index in [2.05, 4.69) is 10.6 Å². The van der Waals surface area contributed by atoms with Crippen LogP contribution in [0.3, 0.4) is 0 Å². The molecule has 1 aliphatic rings. The summed E-state index contributed by atoms with van der Waals surface area (Å²) in [6.07, 6.45) is 4.48. The van der Waals surface area contributed by atoms with Crippen molar-refractivity contribution in [3.63, 3.8) is 0 Å². The maximum atomic E-state index is 11.6. The summed E-state index contributed by atoms with van der Waals surface area (Å²) in [6, 6.07) is 0. The van der Waals surface area contributed by atoms with Gasteiger partial charge in [0, 0.05) is 66.2 Å². The van der Waals surface area contributed by atoms with Crippen molar-refractivity contribution in [3.05, 3.63) is 5.32 Å². The third-order valence-electron chi connectivity index (χ3n) is 3.66. The van der Waals surface area contributed by atoms with E-state index >= 15 is 0 Å². The van der Waals surface area contributed by atoms with Crippen molar-refractivity contribution in [2.24, 2.45) is 5.92 Å². The molecule has 1 N–H and O–H groups in total. The Bertz CT molecular complexity index is 295. The quantitative estimate of drug-likeness (QED) is 0.683. The van der Waals surface area contributed by atoms with Crippen molar-refractivity contribution < 1.29 is 42.3 Å². The molecule has 1 rings (SSSR count). The summed E-state index contributed by atoms with van der Waals surface area (Å²) < 4.78 is 0. The minimum absolute atomic E-state index is 0. The van der Waals surface area contributed by atoms with Crippen LogP contribution in [0.2, 0.25) is 0 Å². The van der Waals surface area contributed by atoms with Crippen LogP contribution >= 0.6 is 0 Å². The number of nitrogens with one attached hydrogen (secondary N) is 1. The minimum Gasteiger partial charge on any atom is -0.662 e. The summed E-state index contributed by atoms with van der Waals surface area (Å²) in [5.41, 5.74) is 0. The number of unbranched alkanes of at least 4 members (excludes halogenated alkanes) is 1. The summed E-state index contributed by atoms with van der Waals surface area (Å²) in [6.45, 7) is 8.97. The van der Waals surface area contributed by atoms with E-state index in [9.17, 15) is 9.59 Å². The Hall–Kier alpha value is 0.00390. The van der Waals surface area contributed by atoms with E-state index in [1.165, 1.54) is 0 Å². The van der Waals surface area contributed by atoms with Crippen LogP contribution in [0.5, 0.6) is 0 Å². The van der Waals surface area contributed by atoms with Gasteiger partial charge in [0.15, 0.2) is 0 Å². The molecule has 22 heavy (non-hydrogen) atoms. The molecule has 1 aliphatic heterocycles. The van der Waals surface area contributed by atoms with Crippen molar-refractivity contribution in [3.8, 4) is 0 Å². The third-order valence-corrected chi connectivity index (χ3v) is 3.66. The molecule has 0 aromatic carbocycles. The molecule has 2 amide bonds. The second-order valence-corrected chi connectivity index (χ2v) is 5.32. The number of piperidine rings is 1. The SMILES string of the molecule is CC.CC(=O)N(C)CCCCC(=O)NCC1CC[N-]CC1.[Y]. The Morgan fingerprint density at radius 3 is 2.32 bits per heavy atom. The molecule has 0 aliphatic carbocycles. The van der Waals surface area contributed by atoms with Crippen molar-refractivity contribution in [1.82, 2.24) is 10.2 Å². The number of carbonyl (C=O) groups is 2. The normalized spacial score (nSPS) is 14.2. The molecule has 0 aromatic heterocycles. The standard InChI is InChI=1S/C14H26N3O2.C2H6.Y/c1-12(18)17(2)10-4-3-5-14(19)16-11-13-6-8-15-9-7-13;1-2;/h13H,3-11H2,1-2H3,(H,16,19);1-2H3;/q-1;;. The van der Waals surface area contributed by atoms with Gasteiger partial charge in [0.25, 0.3) is 0 Å². The van der Waals surface area contributed by atoms with E-state index in [4.69, 9.17) is 0 Å². The van der Waals surface area contributed by atoms with Crippen molar-refractivity contribution >= 4 is 11.8 Å². The van der Waals surface area contributed by atoms with Crippen molar-refractivity contribution in [1.29, 1.82) is 0 Å². The van der Waals surface area contributed by atoms with Crippen LogP contribution in [-0.4, -0.2) is 49.9 Å². The van der Waals surface area contributed by atoms with Gasteiger partial charge in [-0.1, -0.05) is 26.7 Å². The Morgan fingerprint density at radius 2 is 1.77 bits per heavy atom. The summed E-state index contributed by atoms with van der Waals surface area (Å²) in [5.74, 6) is 0.811. The van der Waals surface area contributed by atoms with Gasteiger partial charge in [0.05, 0.1) is 0 Å². The van der Waals surface area contributed by atoms with Gasteiger partial charge < -0.3 is 15.5 Å². The zero-order chi connectivity index (χ0) is 16.1. The minimum atomic E-state index is 0. The number of hydrogen-bond donors (Lipinski definition) is 1. The number of hydrogen-bond acceptors (Lipinski definition) is 2. The first-order valence-electron chi connectivity index (χ1n) is 8.21. The van der Waals surface area contributed by atoms with Gasteiger partial charge in [-0.15, -0.1) is 13.1 Å². The molecule has 0 spiro atoms. The summed E-state index contributed by atoms with van der Waals surface area (Å²) in [7, 11) is 1.79. The van der Waals surface area contributed by atoms with Crippen LogP contribution < -0.4 is 5.32 Å². The van der Waals surface area contributed by atoms with Crippen LogP contribution in [0, 0.1) is 5.92 Å². The molecule has 1 fully saturated rings. The van der Waals surface area contributed by atoms with Gasteiger partial charge in [-0.05, 0) is 18.8 Å². The monoisotopic (exact) mass is 387 g/mol. The van der Waals surface area contributed by atoms with Crippen LogP contribution in [-0.2, 0) is 42.3 Å². The van der Waals surface area contributed by atoms with E-state index in [0.29, 0.717) is 12.3 Å². The van der Waals surface area contributed by atoms with E-state index in [1.807, 2.05) is 13.8 Å². The van der Waals surface area contributed by atoms with Crippen LogP contribution in [0.4, 0.5) is 0 Å². The molecule has 127 valence electrons. The average Bonchev–Trinajstić information content (AvgIpc) is 2.52. The zero-order valence-electron chi connectivity index (χ0n) is 14.7. The van der Waals surface area contributed by atoms with Gasteiger partial charge in [0.1, 0.15) is 0 Å². The molecular formula is C16H32N3O2Y-. The maximum Gasteiger partial charge on any atom is 0.220 e. The molecule has 1 radical (unpaired) electrons. The van der Waals surface area contributed by atoms with Gasteiger partial charge in [-0.25, -0.2) is 0 Å². The number of carbonyl (C=O) groups excluding carboxylic acids is 2. The molecule has 0 bridgehead atoms. The van der Waals surface area contributed by atoms with Crippen LogP contribution in [0.1, 0.15) is 52.9 Å². The average molecular weight is 387 g/mol. The number of nitrogens with zero attached hydrogens (tertiary/aromatic N) is 2. The molecule has 1 heterocycles. The predicted molar refractivity (Wildman–Crippen MR) is 87.3 cm³/mol. The molecule has 0 saturated carbocycles. The molecular weight excluding hydrogens is 355 g/mol. The molecule has 0 atom stereocenters. The molecule has 6 heteroatoms. The summed E-state index contributed by atoms with van der Waals surface area (Å²) >= 11 is 0. The first kappa shape index (κ1) is 24.3. The number of rotatable bonds is 7. The van der Waals surface area contributed by atoms with Gasteiger partial charge in [-0.3, -0.25) is 9.59 Å². The van der Waals surface area contributed by atoms with E-state index in [0.717, 1.165) is 51.9 Å². The molecule has 5 nitrogen and oxygen atoms in total. The van der Waals surface area contributed by atoms with Crippen LogP contribution in [0.25, 0.3) is 5.32 Å². The smallest absolute Gasteiger partial charge is 0.220 e. The van der Waals surface area contributed by atoms with Gasteiger partial charge >= 0.3 is 0 Å². The molecule has 0 unspecified atom stereocenters. The maximum absolute atomic E-state index is 11.6. The van der Waals surface area contributed by atoms with E-state index in [1.54, 1.807) is 18.9 Å².